The van der Waals surface area contributed by atoms with Gasteiger partial charge in [-0.1, -0.05) is 19.8 Å². The van der Waals surface area contributed by atoms with E-state index in [-0.39, 0.29) is 6.10 Å². The standard InChI is InChI=1S/C9H16N2O/c1-2-3-4-9(12)7-11-6-5-10-8-11/h5-6,8-9,12H,2-4,7H2,1H3/t9-/m0/s1. The van der Waals surface area contributed by atoms with E-state index in [9.17, 15) is 5.11 Å². The highest BCUT2D eigenvalue weighted by Crippen LogP contribution is 2.02. The summed E-state index contributed by atoms with van der Waals surface area (Å²) < 4.78 is 1.90. The van der Waals surface area contributed by atoms with E-state index >= 15 is 0 Å². The predicted molar refractivity (Wildman–Crippen MR) is 47.8 cm³/mol. The molecule has 0 aromatic carbocycles. The number of hydrogen-bond acceptors (Lipinski definition) is 2. The summed E-state index contributed by atoms with van der Waals surface area (Å²) in [6.45, 7) is 2.80. The maximum Gasteiger partial charge on any atom is 0.0946 e. The predicted octanol–water partition coefficient (Wildman–Crippen LogP) is 1.43. The first-order chi connectivity index (χ1) is 5.83. The second-order valence-corrected chi connectivity index (χ2v) is 3.06. The van der Waals surface area contributed by atoms with Gasteiger partial charge < -0.3 is 9.67 Å². The smallest absolute Gasteiger partial charge is 0.0946 e. The Kier molecular flexibility index (Phi) is 3.80. The first-order valence-corrected chi connectivity index (χ1v) is 4.46. The first kappa shape index (κ1) is 9.26. The number of aliphatic hydroxyl groups excluding tert-OH is 1. The van der Waals surface area contributed by atoms with E-state index in [1.807, 2.05) is 10.8 Å². The third-order valence-corrected chi connectivity index (χ3v) is 1.87. The fourth-order valence-electron chi connectivity index (χ4n) is 1.17. The SMILES string of the molecule is CCCC[C@H](O)Cn1ccnc1. The van der Waals surface area contributed by atoms with Crippen molar-refractivity contribution < 1.29 is 5.11 Å². The molecule has 0 aliphatic heterocycles. The summed E-state index contributed by atoms with van der Waals surface area (Å²) in [5.41, 5.74) is 0. The van der Waals surface area contributed by atoms with Gasteiger partial charge in [-0.2, -0.15) is 0 Å². The third kappa shape index (κ3) is 3.05. The highest BCUT2D eigenvalue weighted by Gasteiger charge is 2.02. The molecule has 1 aromatic heterocycles. The molecule has 0 spiro atoms. The molecule has 0 aliphatic rings. The van der Waals surface area contributed by atoms with Gasteiger partial charge in [0, 0.05) is 18.9 Å². The molecule has 68 valence electrons. The Labute approximate surface area is 73.1 Å². The van der Waals surface area contributed by atoms with E-state index < -0.39 is 0 Å². The van der Waals surface area contributed by atoms with E-state index in [0.29, 0.717) is 6.54 Å². The molecule has 0 saturated carbocycles. The van der Waals surface area contributed by atoms with Gasteiger partial charge in [-0.25, -0.2) is 4.98 Å². The maximum atomic E-state index is 9.50. The Morgan fingerprint density at radius 3 is 3.00 bits per heavy atom. The van der Waals surface area contributed by atoms with E-state index in [1.165, 1.54) is 0 Å². The highest BCUT2D eigenvalue weighted by atomic mass is 16.3. The number of aliphatic hydroxyl groups is 1. The summed E-state index contributed by atoms with van der Waals surface area (Å²) in [4.78, 5) is 3.91. The van der Waals surface area contributed by atoms with Crippen LogP contribution in [0.3, 0.4) is 0 Å². The number of aromatic nitrogens is 2. The summed E-state index contributed by atoms with van der Waals surface area (Å²) >= 11 is 0. The summed E-state index contributed by atoms with van der Waals surface area (Å²) in [7, 11) is 0. The lowest BCUT2D eigenvalue weighted by molar-refractivity contribution is 0.141. The molecule has 0 fully saturated rings. The molecule has 3 heteroatoms. The molecule has 1 N–H and O–H groups in total. The number of unbranched alkanes of at least 4 members (excludes halogenated alkanes) is 1. The van der Waals surface area contributed by atoms with Crippen LogP contribution in [0.4, 0.5) is 0 Å². The largest absolute Gasteiger partial charge is 0.391 e. The molecule has 1 aromatic rings. The van der Waals surface area contributed by atoms with Crippen LogP contribution >= 0.6 is 0 Å². The summed E-state index contributed by atoms with van der Waals surface area (Å²) in [5, 5.41) is 9.50. The molecule has 0 bridgehead atoms. The Bertz CT molecular complexity index is 196. The van der Waals surface area contributed by atoms with Crippen LogP contribution in [-0.2, 0) is 6.54 Å². The molecule has 0 saturated heterocycles. The van der Waals surface area contributed by atoms with Crippen molar-refractivity contribution in [3.63, 3.8) is 0 Å². The van der Waals surface area contributed by atoms with Crippen LogP contribution in [0.5, 0.6) is 0 Å². The third-order valence-electron chi connectivity index (χ3n) is 1.87. The molecule has 1 heterocycles. The Balaban J connectivity index is 2.22. The summed E-state index contributed by atoms with van der Waals surface area (Å²) in [5.74, 6) is 0. The average molecular weight is 168 g/mol. The van der Waals surface area contributed by atoms with Crippen molar-refractivity contribution in [1.82, 2.24) is 9.55 Å². The number of imidazole rings is 1. The lowest BCUT2D eigenvalue weighted by Gasteiger charge is -2.09. The van der Waals surface area contributed by atoms with Crippen molar-refractivity contribution in [1.29, 1.82) is 0 Å². The summed E-state index contributed by atoms with van der Waals surface area (Å²) in [6.07, 6.45) is 8.22. The quantitative estimate of drug-likeness (QED) is 0.722. The zero-order chi connectivity index (χ0) is 8.81. The first-order valence-electron chi connectivity index (χ1n) is 4.46. The minimum absolute atomic E-state index is 0.223. The zero-order valence-corrected chi connectivity index (χ0v) is 7.48. The van der Waals surface area contributed by atoms with Gasteiger partial charge in [0.25, 0.3) is 0 Å². The molecule has 0 radical (unpaired) electrons. The lowest BCUT2D eigenvalue weighted by atomic mass is 10.1. The van der Waals surface area contributed by atoms with Crippen LogP contribution in [0.1, 0.15) is 26.2 Å². The van der Waals surface area contributed by atoms with Crippen LogP contribution in [0, 0.1) is 0 Å². The van der Waals surface area contributed by atoms with Gasteiger partial charge in [-0.15, -0.1) is 0 Å². The molecular formula is C9H16N2O. The molecule has 1 rings (SSSR count). The number of nitrogens with zero attached hydrogens (tertiary/aromatic N) is 2. The van der Waals surface area contributed by atoms with Gasteiger partial charge >= 0.3 is 0 Å². The van der Waals surface area contributed by atoms with Crippen molar-refractivity contribution in [3.8, 4) is 0 Å². The number of hydrogen-bond donors (Lipinski definition) is 1. The van der Waals surface area contributed by atoms with Gasteiger partial charge in [-0.05, 0) is 6.42 Å². The molecule has 0 aliphatic carbocycles. The monoisotopic (exact) mass is 168 g/mol. The maximum absolute atomic E-state index is 9.50. The van der Waals surface area contributed by atoms with E-state index in [0.717, 1.165) is 19.3 Å². The van der Waals surface area contributed by atoms with Gasteiger partial charge in [-0.3, -0.25) is 0 Å². The Morgan fingerprint density at radius 1 is 1.58 bits per heavy atom. The second kappa shape index (κ2) is 4.93. The average Bonchev–Trinajstić information content (AvgIpc) is 2.53. The molecule has 1 atom stereocenters. The van der Waals surface area contributed by atoms with Crippen molar-refractivity contribution >= 4 is 0 Å². The highest BCUT2D eigenvalue weighted by molar-refractivity contribution is 4.75. The Morgan fingerprint density at radius 2 is 2.42 bits per heavy atom. The lowest BCUT2D eigenvalue weighted by Crippen LogP contribution is -2.14. The summed E-state index contributed by atoms with van der Waals surface area (Å²) in [6, 6.07) is 0. The van der Waals surface area contributed by atoms with Crippen molar-refractivity contribution in [3.05, 3.63) is 18.7 Å². The van der Waals surface area contributed by atoms with Gasteiger partial charge in [0.05, 0.1) is 12.4 Å². The van der Waals surface area contributed by atoms with Crippen LogP contribution in [0.15, 0.2) is 18.7 Å². The van der Waals surface area contributed by atoms with Crippen LogP contribution in [-0.4, -0.2) is 20.8 Å². The van der Waals surface area contributed by atoms with Crippen molar-refractivity contribution in [2.45, 2.75) is 38.8 Å². The normalized spacial score (nSPS) is 13.2. The van der Waals surface area contributed by atoms with Gasteiger partial charge in [0.2, 0.25) is 0 Å². The van der Waals surface area contributed by atoms with E-state index in [4.69, 9.17) is 0 Å². The van der Waals surface area contributed by atoms with Gasteiger partial charge in [0.15, 0.2) is 0 Å². The molecule has 0 amide bonds. The van der Waals surface area contributed by atoms with Crippen molar-refractivity contribution in [2.24, 2.45) is 0 Å². The molecule has 12 heavy (non-hydrogen) atoms. The fourth-order valence-corrected chi connectivity index (χ4v) is 1.17. The number of rotatable bonds is 5. The molecule has 0 unspecified atom stereocenters. The molecular weight excluding hydrogens is 152 g/mol. The van der Waals surface area contributed by atoms with Crippen LogP contribution in [0.2, 0.25) is 0 Å². The van der Waals surface area contributed by atoms with E-state index in [2.05, 4.69) is 11.9 Å². The van der Waals surface area contributed by atoms with Crippen molar-refractivity contribution in [2.75, 3.05) is 0 Å². The van der Waals surface area contributed by atoms with Crippen LogP contribution in [0.25, 0.3) is 0 Å². The minimum Gasteiger partial charge on any atom is -0.391 e. The zero-order valence-electron chi connectivity index (χ0n) is 7.48. The van der Waals surface area contributed by atoms with Gasteiger partial charge in [0.1, 0.15) is 0 Å². The fraction of sp³-hybridized carbons (Fsp3) is 0.667. The Hall–Kier alpha value is -0.830. The second-order valence-electron chi connectivity index (χ2n) is 3.06. The molecule has 3 nitrogen and oxygen atoms in total. The topological polar surface area (TPSA) is 38.0 Å². The van der Waals surface area contributed by atoms with E-state index in [1.54, 1.807) is 12.5 Å². The minimum atomic E-state index is -0.223. The van der Waals surface area contributed by atoms with Crippen LogP contribution < -0.4 is 0 Å².